The second kappa shape index (κ2) is 5.89. The number of rotatable bonds is 1. The summed E-state index contributed by atoms with van der Waals surface area (Å²) in [5, 5.41) is 4.67. The van der Waals surface area contributed by atoms with Crippen LogP contribution in [0.25, 0.3) is 5.69 Å². The monoisotopic (exact) mass is 400 g/mol. The summed E-state index contributed by atoms with van der Waals surface area (Å²) in [4.78, 5) is 0. The molecule has 5 heterocycles. The second-order valence-corrected chi connectivity index (χ2v) is 8.33. The normalized spacial score (nSPS) is 33.9. The van der Waals surface area contributed by atoms with E-state index in [0.29, 0.717) is 12.5 Å². The molecular formula is C21H21FN2O5. The lowest BCUT2D eigenvalue weighted by atomic mass is 9.81. The molecule has 3 fully saturated rings. The lowest BCUT2D eigenvalue weighted by Crippen LogP contribution is -2.45. The molecule has 0 radical (unpaired) electrons. The van der Waals surface area contributed by atoms with Crippen LogP contribution in [0.3, 0.4) is 0 Å². The third-order valence-corrected chi connectivity index (χ3v) is 5.96. The van der Waals surface area contributed by atoms with Crippen molar-refractivity contribution >= 4 is 0 Å². The van der Waals surface area contributed by atoms with Crippen molar-refractivity contribution in [2.24, 2.45) is 0 Å². The van der Waals surface area contributed by atoms with Crippen LogP contribution in [0.15, 0.2) is 36.1 Å². The molecule has 0 amide bonds. The Bertz CT molecular complexity index is 1010. The molecule has 0 unspecified atom stereocenters. The fourth-order valence-electron chi connectivity index (χ4n) is 4.79. The molecule has 0 spiro atoms. The van der Waals surface area contributed by atoms with Crippen LogP contribution in [0.5, 0.6) is 5.88 Å². The number of hydrogen-bond acceptors (Lipinski definition) is 6. The summed E-state index contributed by atoms with van der Waals surface area (Å²) in [6.45, 7) is 6.13. The Morgan fingerprint density at radius 1 is 1.10 bits per heavy atom. The van der Waals surface area contributed by atoms with E-state index in [4.69, 9.17) is 23.7 Å². The number of ether oxygens (including phenoxy) is 5. The van der Waals surface area contributed by atoms with E-state index in [9.17, 15) is 4.39 Å². The van der Waals surface area contributed by atoms with Gasteiger partial charge in [0.15, 0.2) is 12.1 Å². The van der Waals surface area contributed by atoms with Gasteiger partial charge in [-0.05, 0) is 45.0 Å². The van der Waals surface area contributed by atoms with Crippen molar-refractivity contribution in [3.8, 4) is 11.6 Å². The van der Waals surface area contributed by atoms with Crippen molar-refractivity contribution < 1.29 is 28.1 Å². The van der Waals surface area contributed by atoms with Gasteiger partial charge in [-0.3, -0.25) is 0 Å². The number of aryl methyl sites for hydroxylation is 1. The van der Waals surface area contributed by atoms with Crippen molar-refractivity contribution in [1.82, 2.24) is 9.78 Å². The summed E-state index contributed by atoms with van der Waals surface area (Å²) in [7, 11) is 0. The zero-order valence-corrected chi connectivity index (χ0v) is 16.3. The molecule has 0 bridgehead atoms. The highest BCUT2D eigenvalue weighted by atomic mass is 19.1. The number of benzene rings is 1. The Labute approximate surface area is 166 Å². The summed E-state index contributed by atoms with van der Waals surface area (Å²) < 4.78 is 45.3. The Morgan fingerprint density at radius 2 is 1.90 bits per heavy atom. The number of nitrogens with zero attached hydrogens (tertiary/aromatic N) is 2. The molecular weight excluding hydrogens is 379 g/mol. The largest absolute Gasteiger partial charge is 0.446 e. The predicted molar refractivity (Wildman–Crippen MR) is 98.1 cm³/mol. The third-order valence-electron chi connectivity index (χ3n) is 5.96. The fourth-order valence-corrected chi connectivity index (χ4v) is 4.79. The highest BCUT2D eigenvalue weighted by Gasteiger charge is 2.60. The van der Waals surface area contributed by atoms with Crippen LogP contribution in [0, 0.1) is 12.7 Å². The van der Waals surface area contributed by atoms with Crippen LogP contribution in [0.4, 0.5) is 4.39 Å². The topological polar surface area (TPSA) is 64.0 Å². The molecule has 4 aliphatic rings. The van der Waals surface area contributed by atoms with E-state index in [2.05, 4.69) is 5.10 Å². The first-order valence-corrected chi connectivity index (χ1v) is 9.75. The van der Waals surface area contributed by atoms with Crippen molar-refractivity contribution in [3.05, 3.63) is 53.2 Å². The van der Waals surface area contributed by atoms with Gasteiger partial charge >= 0.3 is 0 Å². The lowest BCUT2D eigenvalue weighted by molar-refractivity contribution is -0.223. The van der Waals surface area contributed by atoms with Crippen LogP contribution < -0.4 is 4.74 Å². The SMILES string of the molecule is Cc1nn(-c2ccc(F)cc2)c2c1[C@H]1C(=CO2)CO[C@@H]2[C@H]3OC(C)(C)O[C@H]3O[C@@H]21. The van der Waals surface area contributed by atoms with E-state index < -0.39 is 12.1 Å². The Morgan fingerprint density at radius 3 is 2.69 bits per heavy atom. The molecule has 6 rings (SSSR count). The quantitative estimate of drug-likeness (QED) is 0.734. The highest BCUT2D eigenvalue weighted by molar-refractivity contribution is 5.49. The fraction of sp³-hybridized carbons (Fsp3) is 0.476. The summed E-state index contributed by atoms with van der Waals surface area (Å²) in [6.07, 6.45) is 0.498. The van der Waals surface area contributed by atoms with Crippen LogP contribution in [0.1, 0.15) is 31.0 Å². The Kier molecular flexibility index (Phi) is 3.57. The molecule has 4 aliphatic heterocycles. The number of hydrogen-bond donors (Lipinski definition) is 0. The summed E-state index contributed by atoms with van der Waals surface area (Å²) in [5.74, 6) is -0.432. The van der Waals surface area contributed by atoms with Gasteiger partial charge in [-0.25, -0.2) is 9.07 Å². The second-order valence-electron chi connectivity index (χ2n) is 8.33. The third kappa shape index (κ3) is 2.53. The van der Waals surface area contributed by atoms with Crippen LogP contribution in [0.2, 0.25) is 0 Å². The van der Waals surface area contributed by atoms with E-state index >= 15 is 0 Å². The Balaban J connectivity index is 1.40. The van der Waals surface area contributed by atoms with Gasteiger partial charge in [0, 0.05) is 17.1 Å². The smallest absolute Gasteiger partial charge is 0.225 e. The van der Waals surface area contributed by atoms with Crippen molar-refractivity contribution in [1.29, 1.82) is 0 Å². The van der Waals surface area contributed by atoms with E-state index in [0.717, 1.165) is 22.5 Å². The molecule has 0 aliphatic carbocycles. The lowest BCUT2D eigenvalue weighted by Gasteiger charge is -2.38. The van der Waals surface area contributed by atoms with E-state index in [1.54, 1.807) is 23.1 Å². The van der Waals surface area contributed by atoms with E-state index in [1.807, 2.05) is 20.8 Å². The molecule has 3 saturated heterocycles. The van der Waals surface area contributed by atoms with Gasteiger partial charge in [-0.15, -0.1) is 0 Å². The van der Waals surface area contributed by atoms with Gasteiger partial charge in [-0.1, -0.05) is 0 Å². The van der Waals surface area contributed by atoms with Crippen molar-refractivity contribution in [2.75, 3.05) is 6.61 Å². The summed E-state index contributed by atoms with van der Waals surface area (Å²) in [6, 6.07) is 6.17. The highest BCUT2D eigenvalue weighted by Crippen LogP contribution is 2.51. The van der Waals surface area contributed by atoms with Crippen LogP contribution in [-0.2, 0) is 18.9 Å². The minimum atomic E-state index is -0.690. The average Bonchev–Trinajstić information content (AvgIpc) is 3.29. The first kappa shape index (κ1) is 17.6. The maximum Gasteiger partial charge on any atom is 0.225 e. The molecule has 1 aromatic heterocycles. The molecule has 8 heteroatoms. The maximum absolute atomic E-state index is 13.4. The van der Waals surface area contributed by atoms with Gasteiger partial charge in [0.25, 0.3) is 0 Å². The maximum atomic E-state index is 13.4. The zero-order chi connectivity index (χ0) is 19.9. The molecule has 0 saturated carbocycles. The van der Waals surface area contributed by atoms with Crippen molar-refractivity contribution in [2.45, 2.75) is 57.1 Å². The average molecular weight is 400 g/mol. The predicted octanol–water partition coefficient (Wildman–Crippen LogP) is 2.95. The molecule has 152 valence electrons. The number of aromatic nitrogens is 2. The first-order valence-electron chi connectivity index (χ1n) is 9.75. The molecule has 5 atom stereocenters. The molecule has 7 nitrogen and oxygen atoms in total. The van der Waals surface area contributed by atoms with Crippen LogP contribution >= 0.6 is 0 Å². The minimum absolute atomic E-state index is 0.0624. The molecule has 1 aromatic carbocycles. The van der Waals surface area contributed by atoms with Gasteiger partial charge in [-0.2, -0.15) is 5.10 Å². The van der Waals surface area contributed by atoms with Gasteiger partial charge < -0.3 is 23.7 Å². The molecule has 29 heavy (non-hydrogen) atoms. The minimum Gasteiger partial charge on any atom is -0.446 e. The van der Waals surface area contributed by atoms with E-state index in [-0.39, 0.29) is 30.0 Å². The summed E-state index contributed by atoms with van der Waals surface area (Å²) in [5.41, 5.74) is 3.53. The molecule has 0 N–H and O–H groups in total. The number of fused-ring (bicyclic) bond motifs is 7. The Hall–Kier alpha value is -2.26. The van der Waals surface area contributed by atoms with Crippen LogP contribution in [-0.4, -0.2) is 46.8 Å². The number of halogens is 1. The van der Waals surface area contributed by atoms with Crippen molar-refractivity contribution in [3.63, 3.8) is 0 Å². The zero-order valence-electron chi connectivity index (χ0n) is 16.3. The van der Waals surface area contributed by atoms with Gasteiger partial charge in [0.05, 0.1) is 24.3 Å². The van der Waals surface area contributed by atoms with Gasteiger partial charge in [0.1, 0.15) is 24.1 Å². The molecule has 2 aromatic rings. The standard InChI is InChI=1S/C21H21FN2O5/c1-10-14-15-11(8-25-17-16(15)27-20-18(17)28-21(2,3)29-20)9-26-19(14)24(23-10)13-6-4-12(22)5-7-13/h4-7,9,15-18,20H,8H2,1-3H3/t15-,16-,17+,18-,20-/m1/s1. The first-order chi connectivity index (χ1) is 13.9. The summed E-state index contributed by atoms with van der Waals surface area (Å²) >= 11 is 0. The van der Waals surface area contributed by atoms with Gasteiger partial charge in [0.2, 0.25) is 5.88 Å². The van der Waals surface area contributed by atoms with E-state index in [1.165, 1.54) is 12.1 Å².